The highest BCUT2D eigenvalue weighted by atomic mass is 32.2. The predicted octanol–water partition coefficient (Wildman–Crippen LogP) is 3.43. The summed E-state index contributed by atoms with van der Waals surface area (Å²) in [6.45, 7) is 0. The van der Waals surface area contributed by atoms with Crippen molar-refractivity contribution in [3.63, 3.8) is 0 Å². The van der Waals surface area contributed by atoms with E-state index in [0.29, 0.717) is 28.5 Å². The number of esters is 1. The molecule has 3 aromatic rings. The first-order valence-electron chi connectivity index (χ1n) is 9.93. The molecule has 1 aromatic carbocycles. The number of carboxylic acid groups (broad SMARTS) is 1. The topological polar surface area (TPSA) is 136 Å². The number of halogens is 3. The fourth-order valence-electron chi connectivity index (χ4n) is 3.63. The van der Waals surface area contributed by atoms with Gasteiger partial charge in [-0.2, -0.15) is 17.9 Å². The van der Waals surface area contributed by atoms with E-state index in [4.69, 9.17) is 0 Å². The van der Waals surface area contributed by atoms with E-state index >= 15 is 0 Å². The van der Waals surface area contributed by atoms with Gasteiger partial charge in [0.2, 0.25) is 5.76 Å². The summed E-state index contributed by atoms with van der Waals surface area (Å²) in [6.07, 6.45) is -4.80. The van der Waals surface area contributed by atoms with Crippen LogP contribution in [0.2, 0.25) is 0 Å². The summed E-state index contributed by atoms with van der Waals surface area (Å²) in [5.41, 5.74) is -0.907. The van der Waals surface area contributed by atoms with Crippen molar-refractivity contribution in [1.82, 2.24) is 9.88 Å². The van der Waals surface area contributed by atoms with E-state index in [2.05, 4.69) is 19.1 Å². The smallest absolute Gasteiger partial charge is 0.452 e. The molecule has 0 bridgehead atoms. The minimum atomic E-state index is -4.75. The molecule has 2 aromatic heterocycles. The Balaban J connectivity index is 1.56. The van der Waals surface area contributed by atoms with Crippen LogP contribution in [0.15, 0.2) is 51.2 Å². The molecule has 1 aliphatic carbocycles. The van der Waals surface area contributed by atoms with Crippen LogP contribution < -0.4 is 4.72 Å². The number of rotatable bonds is 8. The first-order chi connectivity index (χ1) is 16.4. The molecule has 2 heterocycles. The zero-order chi connectivity index (χ0) is 25.6. The number of hydrogen-bond acceptors (Lipinski definition) is 8. The van der Waals surface area contributed by atoms with Gasteiger partial charge in [-0.15, -0.1) is 11.3 Å². The molecule has 1 aliphatic rings. The number of aliphatic carboxylic acids is 1. The summed E-state index contributed by atoms with van der Waals surface area (Å²) in [5.74, 6) is -3.89. The lowest BCUT2D eigenvalue weighted by Gasteiger charge is -2.15. The minimum absolute atomic E-state index is 0.0281. The number of benzene rings is 1. The molecule has 2 N–H and O–H groups in total. The SMILES string of the molecule is COC(=O)Cc1cccc([C@@H]2CC2(NS(=O)(=O)c2ccc(-c3cc(C(F)(F)F)on3)s2)C(=O)O)c1. The molecular weight excluding hydrogens is 513 g/mol. The highest BCUT2D eigenvalue weighted by Gasteiger charge is 2.63. The molecule has 1 unspecified atom stereocenters. The Hall–Kier alpha value is -3.23. The second-order valence-corrected chi connectivity index (χ2v) is 10.8. The lowest BCUT2D eigenvalue weighted by molar-refractivity contribution is -0.155. The zero-order valence-electron chi connectivity index (χ0n) is 17.8. The first-order valence-corrected chi connectivity index (χ1v) is 12.2. The Labute approximate surface area is 200 Å². The largest absolute Gasteiger partial charge is 0.480 e. The molecule has 0 spiro atoms. The van der Waals surface area contributed by atoms with E-state index in [-0.39, 0.29) is 27.6 Å². The Morgan fingerprint density at radius 3 is 2.66 bits per heavy atom. The summed E-state index contributed by atoms with van der Waals surface area (Å²) < 4.78 is 75.0. The summed E-state index contributed by atoms with van der Waals surface area (Å²) in [5, 5.41) is 13.2. The lowest BCUT2D eigenvalue weighted by Crippen LogP contribution is -2.44. The molecule has 14 heteroatoms. The number of sulfonamides is 1. The van der Waals surface area contributed by atoms with Gasteiger partial charge in [0, 0.05) is 12.0 Å². The van der Waals surface area contributed by atoms with Gasteiger partial charge >= 0.3 is 18.1 Å². The molecule has 35 heavy (non-hydrogen) atoms. The molecule has 1 fully saturated rings. The normalized spacial score (nSPS) is 19.9. The van der Waals surface area contributed by atoms with E-state index < -0.39 is 45.4 Å². The van der Waals surface area contributed by atoms with Crippen molar-refractivity contribution in [2.24, 2.45) is 0 Å². The second-order valence-electron chi connectivity index (χ2n) is 7.83. The standard InChI is InChI=1S/C21H17F3N2O7S2/c1-32-17(27)8-11-3-2-4-12(7-11)13-10-20(13,19(28)29)26-35(30,31)18-6-5-15(34-18)14-9-16(33-25-14)21(22,23)24/h2-7,9,13,26H,8,10H2,1H3,(H,28,29)/t13-,20?/m0/s1. The van der Waals surface area contributed by atoms with E-state index in [1.165, 1.54) is 13.2 Å². The highest BCUT2D eigenvalue weighted by molar-refractivity contribution is 7.91. The number of alkyl halides is 3. The second kappa shape index (κ2) is 8.77. The van der Waals surface area contributed by atoms with Crippen LogP contribution >= 0.6 is 11.3 Å². The lowest BCUT2D eigenvalue weighted by atomic mass is 10.0. The molecule has 186 valence electrons. The zero-order valence-corrected chi connectivity index (χ0v) is 19.5. The van der Waals surface area contributed by atoms with Gasteiger partial charge in [0.1, 0.15) is 15.4 Å². The van der Waals surface area contributed by atoms with Crippen molar-refractivity contribution < 1.29 is 45.5 Å². The maximum Gasteiger partial charge on any atom is 0.452 e. The van der Waals surface area contributed by atoms with Crippen molar-refractivity contribution in [1.29, 1.82) is 0 Å². The van der Waals surface area contributed by atoms with Gasteiger partial charge in [0.05, 0.1) is 18.4 Å². The molecule has 2 atom stereocenters. The third-order valence-corrected chi connectivity index (χ3v) is 8.59. The van der Waals surface area contributed by atoms with Crippen LogP contribution in [0, 0.1) is 0 Å². The van der Waals surface area contributed by atoms with Crippen LogP contribution in [0.25, 0.3) is 10.6 Å². The van der Waals surface area contributed by atoms with Gasteiger partial charge in [-0.05, 0) is 29.7 Å². The fourth-order valence-corrected chi connectivity index (χ4v) is 6.30. The van der Waals surface area contributed by atoms with Crippen LogP contribution in [-0.4, -0.2) is 43.3 Å². The van der Waals surface area contributed by atoms with Gasteiger partial charge in [-0.1, -0.05) is 29.4 Å². The maximum absolute atomic E-state index is 13.0. The number of carboxylic acids is 1. The van der Waals surface area contributed by atoms with Gasteiger partial charge in [-0.3, -0.25) is 9.59 Å². The van der Waals surface area contributed by atoms with Gasteiger partial charge < -0.3 is 14.4 Å². The number of carbonyl (C=O) groups excluding carboxylic acids is 1. The van der Waals surface area contributed by atoms with E-state index in [1.54, 1.807) is 24.3 Å². The molecule has 0 aliphatic heterocycles. The van der Waals surface area contributed by atoms with Crippen molar-refractivity contribution >= 4 is 33.3 Å². The quantitative estimate of drug-likeness (QED) is 0.423. The van der Waals surface area contributed by atoms with Gasteiger partial charge in [0.25, 0.3) is 10.0 Å². The van der Waals surface area contributed by atoms with E-state index in [9.17, 15) is 36.3 Å². The average molecular weight is 531 g/mol. The maximum atomic E-state index is 13.0. The third-order valence-electron chi connectivity index (χ3n) is 5.48. The molecule has 0 saturated heterocycles. The van der Waals surface area contributed by atoms with Crippen molar-refractivity contribution in [2.45, 2.75) is 34.7 Å². The number of nitrogens with one attached hydrogen (secondary N) is 1. The molecule has 0 amide bonds. The molecule has 0 radical (unpaired) electrons. The average Bonchev–Trinajstić information content (AvgIpc) is 3.14. The van der Waals surface area contributed by atoms with Gasteiger partial charge in [0.15, 0.2) is 0 Å². The van der Waals surface area contributed by atoms with E-state index in [0.717, 1.165) is 6.07 Å². The van der Waals surface area contributed by atoms with E-state index in [1.807, 2.05) is 0 Å². The van der Waals surface area contributed by atoms with Crippen molar-refractivity contribution in [3.8, 4) is 10.6 Å². The number of hydrogen-bond donors (Lipinski definition) is 2. The summed E-state index contributed by atoms with van der Waals surface area (Å²) in [4.78, 5) is 23.7. The third kappa shape index (κ3) is 4.94. The van der Waals surface area contributed by atoms with Crippen LogP contribution in [0.5, 0.6) is 0 Å². The monoisotopic (exact) mass is 530 g/mol. The van der Waals surface area contributed by atoms with Crippen LogP contribution in [0.1, 0.15) is 29.2 Å². The molecular formula is C21H17F3N2O7S2. The van der Waals surface area contributed by atoms with Crippen LogP contribution in [-0.2, 0) is 36.9 Å². The number of thiophene rings is 1. The summed E-state index contributed by atoms with van der Waals surface area (Å²) in [7, 11) is -3.11. The number of aromatic nitrogens is 1. The number of carbonyl (C=O) groups is 2. The number of nitrogens with zero attached hydrogens (tertiary/aromatic N) is 1. The Bertz CT molecular complexity index is 1400. The fraction of sp³-hybridized carbons (Fsp3) is 0.286. The summed E-state index contributed by atoms with van der Waals surface area (Å²) >= 11 is 0.621. The predicted molar refractivity (Wildman–Crippen MR) is 115 cm³/mol. The van der Waals surface area contributed by atoms with Crippen molar-refractivity contribution in [3.05, 3.63) is 59.4 Å². The summed E-state index contributed by atoms with van der Waals surface area (Å²) in [6, 6.07) is 9.59. The van der Waals surface area contributed by atoms with Gasteiger partial charge in [-0.25, -0.2) is 8.42 Å². The molecule has 1 saturated carbocycles. The van der Waals surface area contributed by atoms with Crippen molar-refractivity contribution in [2.75, 3.05) is 7.11 Å². The Morgan fingerprint density at radius 2 is 2.03 bits per heavy atom. The van der Waals surface area contributed by atoms with Crippen LogP contribution in [0.4, 0.5) is 13.2 Å². The minimum Gasteiger partial charge on any atom is -0.480 e. The van der Waals surface area contributed by atoms with Crippen LogP contribution in [0.3, 0.4) is 0 Å². The molecule has 4 rings (SSSR count). The molecule has 9 nitrogen and oxygen atoms in total. The number of ether oxygens (including phenoxy) is 1. The Morgan fingerprint density at radius 1 is 1.29 bits per heavy atom. The number of methoxy groups -OCH3 is 1. The Kier molecular flexibility index (Phi) is 6.23. The first kappa shape index (κ1) is 24.9. The highest BCUT2D eigenvalue weighted by Crippen LogP contribution is 2.53.